The van der Waals surface area contributed by atoms with Gasteiger partial charge >= 0.3 is 6.18 Å². The molecule has 0 amide bonds. The number of nitriles is 1. The number of rotatable bonds is 3. The minimum absolute atomic E-state index is 0.109. The molecule has 0 saturated heterocycles. The lowest BCUT2D eigenvalue weighted by Gasteiger charge is -2.23. The molecule has 0 radical (unpaired) electrons. The lowest BCUT2D eigenvalue weighted by Crippen LogP contribution is -2.48. The Labute approximate surface area is 74.7 Å². The van der Waals surface area contributed by atoms with Crippen LogP contribution in [0.25, 0.3) is 0 Å². The van der Waals surface area contributed by atoms with Crippen LogP contribution in [0.2, 0.25) is 0 Å². The Kier molecular flexibility index (Phi) is 2.53. The Morgan fingerprint density at radius 3 is 2.38 bits per heavy atom. The second-order valence-corrected chi connectivity index (χ2v) is 3.49. The summed E-state index contributed by atoms with van der Waals surface area (Å²) in [6.07, 6.45) is -3.81. The summed E-state index contributed by atoms with van der Waals surface area (Å²) in [5.74, 6) is 0. The first-order valence-electron chi connectivity index (χ1n) is 4.13. The van der Waals surface area contributed by atoms with Crippen molar-refractivity contribution in [1.29, 1.82) is 5.26 Å². The Balaban J connectivity index is 2.50. The van der Waals surface area contributed by atoms with Crippen molar-refractivity contribution in [2.24, 2.45) is 0 Å². The lowest BCUT2D eigenvalue weighted by molar-refractivity contribution is -0.167. The number of nitrogens with zero attached hydrogens (tertiary/aromatic N) is 1. The zero-order valence-corrected chi connectivity index (χ0v) is 7.28. The fourth-order valence-corrected chi connectivity index (χ4v) is 1.29. The van der Waals surface area contributed by atoms with E-state index >= 15 is 0 Å². The molecule has 1 atom stereocenters. The first-order chi connectivity index (χ1) is 5.91. The summed E-state index contributed by atoms with van der Waals surface area (Å²) in [6, 6.07) is 1.45. The molecule has 1 rings (SSSR count). The number of nitrogens with one attached hydrogen (secondary N) is 1. The highest BCUT2D eigenvalue weighted by molar-refractivity contribution is 5.09. The van der Waals surface area contributed by atoms with Gasteiger partial charge in [0.25, 0.3) is 0 Å². The van der Waals surface area contributed by atoms with Gasteiger partial charge in [0.2, 0.25) is 0 Å². The van der Waals surface area contributed by atoms with Gasteiger partial charge < -0.3 is 5.32 Å². The summed E-state index contributed by atoms with van der Waals surface area (Å²) in [5, 5.41) is 10.7. The third kappa shape index (κ3) is 2.13. The summed E-state index contributed by atoms with van der Waals surface area (Å²) < 4.78 is 37.1. The van der Waals surface area contributed by atoms with Crippen LogP contribution in [-0.4, -0.2) is 17.8 Å². The topological polar surface area (TPSA) is 35.8 Å². The molecule has 0 spiro atoms. The zero-order valence-electron chi connectivity index (χ0n) is 7.28. The highest BCUT2D eigenvalue weighted by Gasteiger charge is 2.63. The standard InChI is InChI=1S/C8H11F3N2/c1-6(2-5-12)13-7(3-4-7)8(9,10)11/h6,13H,2-4H2,1H3. The number of hydrogen-bond acceptors (Lipinski definition) is 2. The molecule has 2 nitrogen and oxygen atoms in total. The summed E-state index contributed by atoms with van der Waals surface area (Å²) >= 11 is 0. The van der Waals surface area contributed by atoms with E-state index in [9.17, 15) is 13.2 Å². The molecule has 1 saturated carbocycles. The van der Waals surface area contributed by atoms with Gasteiger partial charge in [-0.05, 0) is 19.8 Å². The van der Waals surface area contributed by atoms with E-state index in [4.69, 9.17) is 5.26 Å². The molecule has 1 N–H and O–H groups in total. The van der Waals surface area contributed by atoms with Crippen molar-refractivity contribution in [1.82, 2.24) is 5.32 Å². The van der Waals surface area contributed by atoms with Crippen molar-refractivity contribution in [3.05, 3.63) is 0 Å². The molecule has 1 unspecified atom stereocenters. The molecule has 0 aromatic carbocycles. The molecule has 0 aromatic rings. The monoisotopic (exact) mass is 192 g/mol. The van der Waals surface area contributed by atoms with Gasteiger partial charge in [-0.3, -0.25) is 0 Å². The van der Waals surface area contributed by atoms with Crippen LogP contribution in [0.3, 0.4) is 0 Å². The highest BCUT2D eigenvalue weighted by Crippen LogP contribution is 2.49. The van der Waals surface area contributed by atoms with Crippen molar-refractivity contribution in [3.8, 4) is 6.07 Å². The summed E-state index contributed by atoms with van der Waals surface area (Å²) in [5.41, 5.74) is -1.69. The van der Waals surface area contributed by atoms with Gasteiger partial charge in [0.05, 0.1) is 12.5 Å². The van der Waals surface area contributed by atoms with E-state index < -0.39 is 17.8 Å². The third-order valence-corrected chi connectivity index (χ3v) is 2.21. The summed E-state index contributed by atoms with van der Waals surface area (Å²) in [4.78, 5) is 0. The smallest absolute Gasteiger partial charge is 0.300 e. The predicted molar refractivity (Wildman–Crippen MR) is 40.8 cm³/mol. The summed E-state index contributed by atoms with van der Waals surface area (Å²) in [6.45, 7) is 1.59. The fraction of sp³-hybridized carbons (Fsp3) is 0.875. The minimum Gasteiger partial charge on any atom is -0.300 e. The molecule has 74 valence electrons. The van der Waals surface area contributed by atoms with Crippen LogP contribution in [0.1, 0.15) is 26.2 Å². The molecule has 0 aromatic heterocycles. The second kappa shape index (κ2) is 3.18. The van der Waals surface area contributed by atoms with E-state index in [1.807, 2.05) is 6.07 Å². The molecule has 5 heteroatoms. The maximum atomic E-state index is 12.4. The number of alkyl halides is 3. The average Bonchev–Trinajstić information content (AvgIpc) is 2.67. The zero-order chi connectivity index (χ0) is 10.1. The van der Waals surface area contributed by atoms with Crippen LogP contribution in [0.5, 0.6) is 0 Å². The molecular weight excluding hydrogens is 181 g/mol. The molecule has 1 fully saturated rings. The average molecular weight is 192 g/mol. The maximum absolute atomic E-state index is 12.4. The van der Waals surface area contributed by atoms with Gasteiger partial charge in [-0.1, -0.05) is 0 Å². The largest absolute Gasteiger partial charge is 0.406 e. The Morgan fingerprint density at radius 2 is 2.08 bits per heavy atom. The van der Waals surface area contributed by atoms with Gasteiger partial charge in [0, 0.05) is 6.04 Å². The van der Waals surface area contributed by atoms with Crippen LogP contribution in [-0.2, 0) is 0 Å². The van der Waals surface area contributed by atoms with Crippen LogP contribution in [0.4, 0.5) is 13.2 Å². The van der Waals surface area contributed by atoms with Gasteiger partial charge in [-0.15, -0.1) is 0 Å². The first-order valence-corrected chi connectivity index (χ1v) is 4.13. The maximum Gasteiger partial charge on any atom is 0.406 e. The van der Waals surface area contributed by atoms with E-state index in [2.05, 4.69) is 5.32 Å². The van der Waals surface area contributed by atoms with Gasteiger partial charge in [0.15, 0.2) is 0 Å². The van der Waals surface area contributed by atoms with Crippen LogP contribution in [0, 0.1) is 11.3 Å². The molecule has 0 heterocycles. The molecule has 0 bridgehead atoms. The fourth-order valence-electron chi connectivity index (χ4n) is 1.29. The van der Waals surface area contributed by atoms with Crippen molar-refractivity contribution < 1.29 is 13.2 Å². The van der Waals surface area contributed by atoms with E-state index in [0.29, 0.717) is 0 Å². The van der Waals surface area contributed by atoms with Crippen LogP contribution < -0.4 is 5.32 Å². The SMILES string of the molecule is CC(CC#N)NC1(C(F)(F)F)CC1. The molecular formula is C8H11F3N2. The van der Waals surface area contributed by atoms with E-state index in [0.717, 1.165) is 0 Å². The Morgan fingerprint density at radius 1 is 1.54 bits per heavy atom. The number of hydrogen-bond donors (Lipinski definition) is 1. The molecule has 1 aliphatic carbocycles. The highest BCUT2D eigenvalue weighted by atomic mass is 19.4. The third-order valence-electron chi connectivity index (χ3n) is 2.21. The predicted octanol–water partition coefficient (Wildman–Crippen LogP) is 1.97. The van der Waals surface area contributed by atoms with Gasteiger partial charge in [0.1, 0.15) is 5.54 Å². The van der Waals surface area contributed by atoms with Crippen molar-refractivity contribution >= 4 is 0 Å². The summed E-state index contributed by atoms with van der Waals surface area (Å²) in [7, 11) is 0. The lowest BCUT2D eigenvalue weighted by atomic mass is 10.2. The quantitative estimate of drug-likeness (QED) is 0.742. The van der Waals surface area contributed by atoms with Crippen molar-refractivity contribution in [2.45, 2.75) is 43.9 Å². The van der Waals surface area contributed by atoms with Crippen LogP contribution in [0.15, 0.2) is 0 Å². The second-order valence-electron chi connectivity index (χ2n) is 3.49. The molecule has 0 aliphatic heterocycles. The molecule has 13 heavy (non-hydrogen) atoms. The van der Waals surface area contributed by atoms with Crippen molar-refractivity contribution in [2.75, 3.05) is 0 Å². The Hall–Kier alpha value is -0.760. The van der Waals surface area contributed by atoms with Crippen LogP contribution >= 0.6 is 0 Å². The van der Waals surface area contributed by atoms with Gasteiger partial charge in [-0.25, -0.2) is 0 Å². The van der Waals surface area contributed by atoms with E-state index in [1.165, 1.54) is 0 Å². The normalized spacial score (nSPS) is 22.1. The minimum atomic E-state index is -4.18. The van der Waals surface area contributed by atoms with Crippen molar-refractivity contribution in [3.63, 3.8) is 0 Å². The van der Waals surface area contributed by atoms with E-state index in [1.54, 1.807) is 6.92 Å². The Bertz CT molecular complexity index is 225. The van der Waals surface area contributed by atoms with E-state index in [-0.39, 0.29) is 19.3 Å². The molecule has 1 aliphatic rings. The van der Waals surface area contributed by atoms with Gasteiger partial charge in [-0.2, -0.15) is 18.4 Å². The number of halogens is 3. The first kappa shape index (κ1) is 10.3.